The van der Waals surface area contributed by atoms with Gasteiger partial charge in [0.15, 0.2) is 5.84 Å². The van der Waals surface area contributed by atoms with E-state index >= 15 is 0 Å². The summed E-state index contributed by atoms with van der Waals surface area (Å²) in [6.07, 6.45) is 0. The summed E-state index contributed by atoms with van der Waals surface area (Å²) in [7, 11) is 2.15. The minimum absolute atomic E-state index is 0.146. The zero-order valence-electron chi connectivity index (χ0n) is 10.9. The SMILES string of the molecule is CC1CN(C)CCN1c1ccc(/C(N)=N/O)cc1. The lowest BCUT2D eigenvalue weighted by atomic mass is 10.1. The molecule has 1 atom stereocenters. The van der Waals surface area contributed by atoms with Crippen LogP contribution < -0.4 is 10.6 Å². The van der Waals surface area contributed by atoms with Crippen LogP contribution in [0, 0.1) is 0 Å². The van der Waals surface area contributed by atoms with Crippen molar-refractivity contribution in [3.8, 4) is 0 Å². The predicted octanol–water partition coefficient (Wildman–Crippen LogP) is 0.921. The fourth-order valence-corrected chi connectivity index (χ4v) is 2.40. The topological polar surface area (TPSA) is 65.1 Å². The van der Waals surface area contributed by atoms with Gasteiger partial charge in [-0.3, -0.25) is 0 Å². The van der Waals surface area contributed by atoms with Gasteiger partial charge in [-0.05, 0) is 38.2 Å². The number of hydrogen-bond acceptors (Lipinski definition) is 4. The summed E-state index contributed by atoms with van der Waals surface area (Å²) in [6, 6.07) is 8.31. The van der Waals surface area contributed by atoms with Gasteiger partial charge in [0.2, 0.25) is 0 Å². The number of nitrogens with zero attached hydrogens (tertiary/aromatic N) is 3. The van der Waals surface area contributed by atoms with Crippen molar-refractivity contribution in [1.29, 1.82) is 0 Å². The Kier molecular flexibility index (Phi) is 3.72. The van der Waals surface area contributed by atoms with E-state index < -0.39 is 0 Å². The van der Waals surface area contributed by atoms with Crippen molar-refractivity contribution in [2.75, 3.05) is 31.6 Å². The summed E-state index contributed by atoms with van der Waals surface area (Å²) in [6.45, 7) is 5.40. The Morgan fingerprint density at radius 3 is 2.56 bits per heavy atom. The summed E-state index contributed by atoms with van der Waals surface area (Å²) >= 11 is 0. The number of rotatable bonds is 2. The molecule has 0 bridgehead atoms. The van der Waals surface area contributed by atoms with Gasteiger partial charge in [-0.1, -0.05) is 5.16 Å². The smallest absolute Gasteiger partial charge is 0.170 e. The summed E-state index contributed by atoms with van der Waals surface area (Å²) in [5, 5.41) is 11.6. The van der Waals surface area contributed by atoms with Gasteiger partial charge in [0.1, 0.15) is 0 Å². The van der Waals surface area contributed by atoms with E-state index in [4.69, 9.17) is 10.9 Å². The van der Waals surface area contributed by atoms with Crippen molar-refractivity contribution in [3.63, 3.8) is 0 Å². The highest BCUT2D eigenvalue weighted by molar-refractivity contribution is 5.97. The third-order valence-corrected chi connectivity index (χ3v) is 3.43. The lowest BCUT2D eigenvalue weighted by Gasteiger charge is -2.39. The van der Waals surface area contributed by atoms with Crippen LogP contribution in [-0.4, -0.2) is 48.7 Å². The highest BCUT2D eigenvalue weighted by Crippen LogP contribution is 2.20. The maximum Gasteiger partial charge on any atom is 0.170 e. The van der Waals surface area contributed by atoms with E-state index in [-0.39, 0.29) is 5.84 Å². The number of hydrogen-bond donors (Lipinski definition) is 2. The first-order chi connectivity index (χ1) is 8.61. The van der Waals surface area contributed by atoms with Crippen molar-refractivity contribution >= 4 is 11.5 Å². The van der Waals surface area contributed by atoms with E-state index in [2.05, 4.69) is 28.9 Å². The Labute approximate surface area is 107 Å². The van der Waals surface area contributed by atoms with Gasteiger partial charge in [0.05, 0.1) is 0 Å². The fourth-order valence-electron chi connectivity index (χ4n) is 2.40. The summed E-state index contributed by atoms with van der Waals surface area (Å²) in [4.78, 5) is 4.72. The van der Waals surface area contributed by atoms with Gasteiger partial charge in [-0.15, -0.1) is 0 Å². The molecule has 0 aromatic heterocycles. The normalized spacial score (nSPS) is 22.2. The molecule has 1 heterocycles. The van der Waals surface area contributed by atoms with Crippen molar-refractivity contribution < 1.29 is 5.21 Å². The number of benzene rings is 1. The Balaban J connectivity index is 2.14. The van der Waals surface area contributed by atoms with Gasteiger partial charge in [0, 0.05) is 36.9 Å². The molecule has 5 nitrogen and oxygen atoms in total. The number of nitrogens with two attached hydrogens (primary N) is 1. The molecule has 0 amide bonds. The second-order valence-corrected chi connectivity index (χ2v) is 4.84. The maximum absolute atomic E-state index is 8.62. The van der Waals surface area contributed by atoms with Crippen LogP contribution in [0.5, 0.6) is 0 Å². The number of likely N-dealkylation sites (N-methyl/N-ethyl adjacent to an activating group) is 1. The standard InChI is InChI=1S/C13H20N4O/c1-10-9-16(2)7-8-17(10)12-5-3-11(4-6-12)13(14)15-18/h3-6,10,18H,7-9H2,1-2H3,(H2,14,15). The van der Waals surface area contributed by atoms with Crippen LogP contribution in [0.25, 0.3) is 0 Å². The van der Waals surface area contributed by atoms with Crippen LogP contribution >= 0.6 is 0 Å². The van der Waals surface area contributed by atoms with Gasteiger partial charge in [0.25, 0.3) is 0 Å². The molecular weight excluding hydrogens is 228 g/mol. The predicted molar refractivity (Wildman–Crippen MR) is 73.3 cm³/mol. The highest BCUT2D eigenvalue weighted by atomic mass is 16.4. The molecule has 2 rings (SSSR count). The Morgan fingerprint density at radius 1 is 1.33 bits per heavy atom. The summed E-state index contributed by atoms with van der Waals surface area (Å²) in [5.74, 6) is 0.146. The molecule has 0 spiro atoms. The molecular formula is C13H20N4O. The highest BCUT2D eigenvalue weighted by Gasteiger charge is 2.21. The molecule has 1 aliphatic heterocycles. The number of anilines is 1. The zero-order chi connectivity index (χ0) is 13.1. The van der Waals surface area contributed by atoms with Crippen LogP contribution in [0.4, 0.5) is 5.69 Å². The first-order valence-electron chi connectivity index (χ1n) is 6.15. The average molecular weight is 248 g/mol. The van der Waals surface area contributed by atoms with Crippen molar-refractivity contribution in [1.82, 2.24) is 4.90 Å². The average Bonchev–Trinajstić information content (AvgIpc) is 2.38. The number of amidine groups is 1. The minimum Gasteiger partial charge on any atom is -0.409 e. The lowest BCUT2D eigenvalue weighted by Crippen LogP contribution is -2.50. The molecule has 1 aromatic carbocycles. The molecule has 3 N–H and O–H groups in total. The van der Waals surface area contributed by atoms with Gasteiger partial charge in [-0.25, -0.2) is 0 Å². The van der Waals surface area contributed by atoms with Crippen LogP contribution in [0.2, 0.25) is 0 Å². The van der Waals surface area contributed by atoms with Crippen molar-refractivity contribution in [3.05, 3.63) is 29.8 Å². The minimum atomic E-state index is 0.146. The van der Waals surface area contributed by atoms with E-state index in [1.807, 2.05) is 24.3 Å². The Morgan fingerprint density at radius 2 is 2.00 bits per heavy atom. The summed E-state index contributed by atoms with van der Waals surface area (Å²) in [5.41, 5.74) is 7.47. The molecule has 1 aliphatic rings. The largest absolute Gasteiger partial charge is 0.409 e. The van der Waals surface area contributed by atoms with Gasteiger partial charge in [-0.2, -0.15) is 0 Å². The third-order valence-electron chi connectivity index (χ3n) is 3.43. The van der Waals surface area contributed by atoms with E-state index in [1.165, 1.54) is 5.69 Å². The van der Waals surface area contributed by atoms with Crippen LogP contribution in [0.1, 0.15) is 12.5 Å². The van der Waals surface area contributed by atoms with E-state index in [1.54, 1.807) is 0 Å². The Hall–Kier alpha value is -1.75. The molecule has 1 aromatic rings. The third kappa shape index (κ3) is 2.56. The van der Waals surface area contributed by atoms with Gasteiger partial charge < -0.3 is 20.7 Å². The molecule has 5 heteroatoms. The molecule has 98 valence electrons. The van der Waals surface area contributed by atoms with E-state index in [9.17, 15) is 0 Å². The molecule has 0 aliphatic carbocycles. The molecule has 18 heavy (non-hydrogen) atoms. The van der Waals surface area contributed by atoms with Crippen LogP contribution in [0.3, 0.4) is 0 Å². The maximum atomic E-state index is 8.62. The number of oxime groups is 1. The molecule has 0 radical (unpaired) electrons. The molecule has 1 saturated heterocycles. The fraction of sp³-hybridized carbons (Fsp3) is 0.462. The van der Waals surface area contributed by atoms with Gasteiger partial charge >= 0.3 is 0 Å². The van der Waals surface area contributed by atoms with E-state index in [0.717, 1.165) is 25.2 Å². The monoisotopic (exact) mass is 248 g/mol. The van der Waals surface area contributed by atoms with Crippen molar-refractivity contribution in [2.24, 2.45) is 10.9 Å². The van der Waals surface area contributed by atoms with Crippen LogP contribution in [0.15, 0.2) is 29.4 Å². The molecule has 1 fully saturated rings. The molecule has 1 unspecified atom stereocenters. The second kappa shape index (κ2) is 5.27. The van der Waals surface area contributed by atoms with Crippen molar-refractivity contribution in [2.45, 2.75) is 13.0 Å². The summed E-state index contributed by atoms with van der Waals surface area (Å²) < 4.78 is 0. The quantitative estimate of drug-likeness (QED) is 0.353. The first kappa shape index (κ1) is 12.7. The van der Waals surface area contributed by atoms with E-state index in [0.29, 0.717) is 6.04 Å². The molecule has 0 saturated carbocycles. The van der Waals surface area contributed by atoms with Crippen LogP contribution in [-0.2, 0) is 0 Å². The zero-order valence-corrected chi connectivity index (χ0v) is 10.9. The lowest BCUT2D eigenvalue weighted by molar-refractivity contribution is 0.275. The number of piperazine rings is 1. The first-order valence-corrected chi connectivity index (χ1v) is 6.15. The second-order valence-electron chi connectivity index (χ2n) is 4.84. The Bertz CT molecular complexity index is 429.